The number of hydrogen-bond acceptors (Lipinski definition) is 3. The molecule has 3 nitrogen and oxygen atoms in total. The molecule has 1 aliphatic rings. The first-order valence-electron chi connectivity index (χ1n) is 7.12. The minimum absolute atomic E-state index is 0.839. The van der Waals surface area contributed by atoms with Crippen LogP contribution in [0.25, 0.3) is 0 Å². The first-order valence-corrected chi connectivity index (χ1v) is 7.12. The maximum Gasteiger partial charge on any atom is 0.0368 e. The van der Waals surface area contributed by atoms with Gasteiger partial charge in [-0.3, -0.25) is 0 Å². The summed E-state index contributed by atoms with van der Waals surface area (Å²) in [6, 6.07) is 8.21. The Bertz CT molecular complexity index is 341. The highest BCUT2D eigenvalue weighted by Gasteiger charge is 2.11. The van der Waals surface area contributed by atoms with Crippen LogP contribution in [0, 0.1) is 0 Å². The number of hydrogen-bond donors (Lipinski definition) is 1. The van der Waals surface area contributed by atoms with Crippen LogP contribution in [0.1, 0.15) is 26.2 Å². The average molecular weight is 247 g/mol. The van der Waals surface area contributed by atoms with Crippen molar-refractivity contribution in [1.29, 1.82) is 0 Å². The Labute approximate surface area is 111 Å². The van der Waals surface area contributed by atoms with Crippen molar-refractivity contribution >= 4 is 11.4 Å². The molecule has 1 aromatic carbocycles. The summed E-state index contributed by atoms with van der Waals surface area (Å²) >= 11 is 0. The Balaban J connectivity index is 1.86. The molecule has 0 atom stereocenters. The van der Waals surface area contributed by atoms with Gasteiger partial charge in [0.05, 0.1) is 0 Å². The number of likely N-dealkylation sites (tertiary alicyclic amines) is 1. The van der Waals surface area contributed by atoms with Crippen LogP contribution in [-0.4, -0.2) is 37.6 Å². The molecular formula is C15H25N3. The number of piperidine rings is 1. The maximum absolute atomic E-state index is 5.73. The van der Waals surface area contributed by atoms with E-state index in [0.29, 0.717) is 0 Å². The first kappa shape index (κ1) is 13.2. The molecule has 2 N–H and O–H groups in total. The second kappa shape index (κ2) is 6.64. The minimum atomic E-state index is 0.839. The van der Waals surface area contributed by atoms with E-state index in [2.05, 4.69) is 28.9 Å². The molecule has 1 aliphatic heterocycles. The van der Waals surface area contributed by atoms with Crippen LogP contribution < -0.4 is 10.6 Å². The van der Waals surface area contributed by atoms with Crippen molar-refractivity contribution in [2.75, 3.05) is 43.4 Å². The lowest BCUT2D eigenvalue weighted by Gasteiger charge is -2.30. The Morgan fingerprint density at radius 3 is 2.39 bits per heavy atom. The van der Waals surface area contributed by atoms with Gasteiger partial charge in [-0.2, -0.15) is 0 Å². The van der Waals surface area contributed by atoms with Gasteiger partial charge in [0, 0.05) is 31.0 Å². The van der Waals surface area contributed by atoms with Crippen LogP contribution in [0.3, 0.4) is 0 Å². The van der Waals surface area contributed by atoms with Gasteiger partial charge in [-0.05, 0) is 57.1 Å². The highest BCUT2D eigenvalue weighted by molar-refractivity contribution is 5.53. The summed E-state index contributed by atoms with van der Waals surface area (Å²) in [5, 5.41) is 0. The number of anilines is 2. The zero-order valence-electron chi connectivity index (χ0n) is 11.4. The van der Waals surface area contributed by atoms with Gasteiger partial charge in [0.15, 0.2) is 0 Å². The highest BCUT2D eigenvalue weighted by Crippen LogP contribution is 2.16. The van der Waals surface area contributed by atoms with Gasteiger partial charge in [0.1, 0.15) is 0 Å². The van der Waals surface area contributed by atoms with Crippen LogP contribution in [0.4, 0.5) is 11.4 Å². The third-order valence-electron chi connectivity index (χ3n) is 3.77. The first-order chi connectivity index (χ1) is 8.79. The molecule has 0 aliphatic carbocycles. The van der Waals surface area contributed by atoms with Gasteiger partial charge in [-0.25, -0.2) is 0 Å². The Morgan fingerprint density at radius 2 is 1.78 bits per heavy atom. The molecule has 0 spiro atoms. The standard InChI is InChI=1S/C15H25N3/c1-2-18(15-8-6-14(16)7-9-15)13-12-17-10-4-3-5-11-17/h6-9H,2-5,10-13,16H2,1H3. The number of nitrogens with zero attached hydrogens (tertiary/aromatic N) is 2. The summed E-state index contributed by atoms with van der Waals surface area (Å²) in [5.41, 5.74) is 7.85. The molecule has 1 aromatic rings. The maximum atomic E-state index is 5.73. The minimum Gasteiger partial charge on any atom is -0.399 e. The number of benzene rings is 1. The van der Waals surface area contributed by atoms with Gasteiger partial charge in [-0.1, -0.05) is 6.42 Å². The number of rotatable bonds is 5. The van der Waals surface area contributed by atoms with E-state index in [4.69, 9.17) is 5.73 Å². The van der Waals surface area contributed by atoms with E-state index in [1.165, 1.54) is 44.6 Å². The molecule has 0 bridgehead atoms. The lowest BCUT2D eigenvalue weighted by atomic mass is 10.1. The number of nitrogen functional groups attached to an aromatic ring is 1. The van der Waals surface area contributed by atoms with E-state index in [9.17, 15) is 0 Å². The third kappa shape index (κ3) is 3.64. The average Bonchev–Trinajstić information content (AvgIpc) is 2.42. The molecule has 3 heteroatoms. The molecule has 1 saturated heterocycles. The van der Waals surface area contributed by atoms with Gasteiger partial charge in [-0.15, -0.1) is 0 Å². The fraction of sp³-hybridized carbons (Fsp3) is 0.600. The van der Waals surface area contributed by atoms with Gasteiger partial charge in [0.2, 0.25) is 0 Å². The lowest BCUT2D eigenvalue weighted by Crippen LogP contribution is -2.37. The van der Waals surface area contributed by atoms with Crippen LogP contribution in [-0.2, 0) is 0 Å². The van der Waals surface area contributed by atoms with E-state index in [-0.39, 0.29) is 0 Å². The Hall–Kier alpha value is -1.22. The van der Waals surface area contributed by atoms with Crippen molar-refractivity contribution < 1.29 is 0 Å². The molecule has 0 saturated carbocycles. The second-order valence-electron chi connectivity index (χ2n) is 5.07. The zero-order valence-corrected chi connectivity index (χ0v) is 11.4. The quantitative estimate of drug-likeness (QED) is 0.812. The van der Waals surface area contributed by atoms with Gasteiger partial charge < -0.3 is 15.5 Å². The molecule has 1 heterocycles. The van der Waals surface area contributed by atoms with Crippen molar-refractivity contribution in [3.8, 4) is 0 Å². The lowest BCUT2D eigenvalue weighted by molar-refractivity contribution is 0.233. The third-order valence-corrected chi connectivity index (χ3v) is 3.77. The smallest absolute Gasteiger partial charge is 0.0368 e. The van der Waals surface area contributed by atoms with Crippen LogP contribution in [0.2, 0.25) is 0 Å². The van der Waals surface area contributed by atoms with Gasteiger partial charge >= 0.3 is 0 Å². The summed E-state index contributed by atoms with van der Waals surface area (Å²) in [6.45, 7) is 8.11. The van der Waals surface area contributed by atoms with Gasteiger partial charge in [0.25, 0.3) is 0 Å². The van der Waals surface area contributed by atoms with E-state index in [1.54, 1.807) is 0 Å². The largest absolute Gasteiger partial charge is 0.399 e. The van der Waals surface area contributed by atoms with Crippen LogP contribution in [0.5, 0.6) is 0 Å². The highest BCUT2D eigenvalue weighted by atomic mass is 15.2. The van der Waals surface area contributed by atoms with Crippen molar-refractivity contribution in [2.45, 2.75) is 26.2 Å². The molecule has 18 heavy (non-hydrogen) atoms. The fourth-order valence-electron chi connectivity index (χ4n) is 2.60. The fourth-order valence-corrected chi connectivity index (χ4v) is 2.60. The second-order valence-corrected chi connectivity index (χ2v) is 5.07. The number of nitrogens with two attached hydrogens (primary N) is 1. The molecule has 0 amide bonds. The molecular weight excluding hydrogens is 222 g/mol. The Morgan fingerprint density at radius 1 is 1.11 bits per heavy atom. The van der Waals surface area contributed by atoms with Crippen molar-refractivity contribution in [3.05, 3.63) is 24.3 Å². The van der Waals surface area contributed by atoms with Crippen molar-refractivity contribution in [2.24, 2.45) is 0 Å². The SMILES string of the molecule is CCN(CCN1CCCCC1)c1ccc(N)cc1. The molecule has 0 radical (unpaired) electrons. The summed E-state index contributed by atoms with van der Waals surface area (Å²) in [5.74, 6) is 0. The van der Waals surface area contributed by atoms with E-state index in [0.717, 1.165) is 18.8 Å². The van der Waals surface area contributed by atoms with Crippen LogP contribution >= 0.6 is 0 Å². The molecule has 0 aromatic heterocycles. The Kier molecular flexibility index (Phi) is 4.88. The predicted octanol–water partition coefficient (Wildman–Crippen LogP) is 2.58. The van der Waals surface area contributed by atoms with E-state index < -0.39 is 0 Å². The molecule has 0 unspecified atom stereocenters. The zero-order chi connectivity index (χ0) is 12.8. The molecule has 100 valence electrons. The molecule has 1 fully saturated rings. The monoisotopic (exact) mass is 247 g/mol. The summed E-state index contributed by atoms with van der Waals surface area (Å²) in [6.07, 6.45) is 4.15. The molecule has 2 rings (SSSR count). The van der Waals surface area contributed by atoms with Crippen molar-refractivity contribution in [3.63, 3.8) is 0 Å². The summed E-state index contributed by atoms with van der Waals surface area (Å²) < 4.78 is 0. The number of likely N-dealkylation sites (N-methyl/N-ethyl adjacent to an activating group) is 1. The van der Waals surface area contributed by atoms with E-state index in [1.807, 2.05) is 12.1 Å². The predicted molar refractivity (Wildman–Crippen MR) is 79.0 cm³/mol. The topological polar surface area (TPSA) is 32.5 Å². The van der Waals surface area contributed by atoms with Crippen molar-refractivity contribution in [1.82, 2.24) is 4.90 Å². The normalized spacial score (nSPS) is 16.7. The van der Waals surface area contributed by atoms with E-state index >= 15 is 0 Å². The summed E-state index contributed by atoms with van der Waals surface area (Å²) in [4.78, 5) is 5.01. The summed E-state index contributed by atoms with van der Waals surface area (Å²) in [7, 11) is 0. The van der Waals surface area contributed by atoms with Crippen LogP contribution in [0.15, 0.2) is 24.3 Å².